The predicted octanol–water partition coefficient (Wildman–Crippen LogP) is 3.40. The first-order valence-electron chi connectivity index (χ1n) is 6.78. The summed E-state index contributed by atoms with van der Waals surface area (Å²) in [5, 5.41) is 0. The summed E-state index contributed by atoms with van der Waals surface area (Å²) in [6.45, 7) is 6.77. The fraction of sp³-hybridized carbons (Fsp3) is 0.929. The van der Waals surface area contributed by atoms with E-state index in [4.69, 9.17) is 4.74 Å². The van der Waals surface area contributed by atoms with Crippen LogP contribution >= 0.6 is 0 Å². The normalized spacial score (nSPS) is 35.1. The van der Waals surface area contributed by atoms with Gasteiger partial charge in [-0.2, -0.15) is 0 Å². The maximum atomic E-state index is 11.7. The molecule has 0 spiro atoms. The maximum Gasteiger partial charge on any atom is 0.309 e. The molecule has 0 amide bonds. The number of hydrogen-bond donors (Lipinski definition) is 0. The second kappa shape index (κ2) is 4.77. The zero-order chi connectivity index (χ0) is 11.7. The van der Waals surface area contributed by atoms with Crippen LogP contribution in [0.4, 0.5) is 0 Å². The van der Waals surface area contributed by atoms with Crippen LogP contribution in [0.2, 0.25) is 0 Å². The Morgan fingerprint density at radius 1 is 1.19 bits per heavy atom. The first-order chi connectivity index (χ1) is 7.58. The monoisotopic (exact) mass is 224 g/mol. The van der Waals surface area contributed by atoms with Crippen LogP contribution in [0.5, 0.6) is 0 Å². The molecule has 0 saturated heterocycles. The minimum Gasteiger partial charge on any atom is -0.462 e. The van der Waals surface area contributed by atoms with Crippen LogP contribution in [0, 0.1) is 23.7 Å². The lowest BCUT2D eigenvalue weighted by Gasteiger charge is -2.36. The molecule has 0 aromatic carbocycles. The Labute approximate surface area is 98.7 Å². The molecule has 0 aromatic heterocycles. The van der Waals surface area contributed by atoms with Crippen LogP contribution in [0.3, 0.4) is 0 Å². The Bertz CT molecular complexity index is 255. The summed E-state index contributed by atoms with van der Waals surface area (Å²) in [5.74, 6) is 2.24. The average molecular weight is 224 g/mol. The first-order valence-corrected chi connectivity index (χ1v) is 6.78. The van der Waals surface area contributed by atoms with E-state index in [-0.39, 0.29) is 18.0 Å². The first kappa shape index (κ1) is 11.9. The fourth-order valence-corrected chi connectivity index (χ4v) is 2.81. The van der Waals surface area contributed by atoms with Gasteiger partial charge in [0.2, 0.25) is 0 Å². The van der Waals surface area contributed by atoms with Gasteiger partial charge < -0.3 is 4.74 Å². The number of esters is 1. The van der Waals surface area contributed by atoms with Crippen molar-refractivity contribution in [3.8, 4) is 0 Å². The average Bonchev–Trinajstić information content (AvgIpc) is 2.99. The zero-order valence-electron chi connectivity index (χ0n) is 10.7. The highest BCUT2D eigenvalue weighted by Crippen LogP contribution is 2.37. The van der Waals surface area contributed by atoms with Crippen LogP contribution in [0.25, 0.3) is 0 Å². The van der Waals surface area contributed by atoms with Crippen molar-refractivity contribution in [2.45, 2.75) is 59.0 Å². The summed E-state index contributed by atoms with van der Waals surface area (Å²) in [6, 6.07) is 0. The molecule has 0 aliphatic heterocycles. The highest BCUT2D eigenvalue weighted by Gasteiger charge is 2.37. The molecule has 2 saturated carbocycles. The summed E-state index contributed by atoms with van der Waals surface area (Å²) in [4.78, 5) is 11.7. The van der Waals surface area contributed by atoms with Crippen LogP contribution < -0.4 is 0 Å². The van der Waals surface area contributed by atoms with E-state index in [1.807, 2.05) is 0 Å². The van der Waals surface area contributed by atoms with Crippen molar-refractivity contribution in [2.75, 3.05) is 0 Å². The van der Waals surface area contributed by atoms with Gasteiger partial charge in [0.25, 0.3) is 0 Å². The Balaban J connectivity index is 1.93. The molecule has 2 aliphatic rings. The molecule has 2 aliphatic carbocycles. The Morgan fingerprint density at radius 3 is 2.44 bits per heavy atom. The van der Waals surface area contributed by atoms with Gasteiger partial charge in [0, 0.05) is 0 Å². The van der Waals surface area contributed by atoms with Crippen molar-refractivity contribution in [3.05, 3.63) is 0 Å². The largest absolute Gasteiger partial charge is 0.462 e. The van der Waals surface area contributed by atoms with Gasteiger partial charge in [-0.15, -0.1) is 0 Å². The van der Waals surface area contributed by atoms with E-state index in [0.29, 0.717) is 17.8 Å². The SMILES string of the molecule is CC1CCC(C(C)C)C(OC(=O)C2CC2)C1. The van der Waals surface area contributed by atoms with E-state index >= 15 is 0 Å². The van der Waals surface area contributed by atoms with Gasteiger partial charge in [0.15, 0.2) is 0 Å². The molecule has 0 bridgehead atoms. The van der Waals surface area contributed by atoms with Crippen molar-refractivity contribution in [1.29, 1.82) is 0 Å². The summed E-state index contributed by atoms with van der Waals surface area (Å²) < 4.78 is 5.72. The standard InChI is InChI=1S/C14H24O2/c1-9(2)12-7-4-10(3)8-13(12)16-14(15)11-5-6-11/h9-13H,4-8H2,1-3H3. The molecule has 0 aromatic rings. The summed E-state index contributed by atoms with van der Waals surface area (Å²) in [6.07, 6.45) is 5.88. The highest BCUT2D eigenvalue weighted by molar-refractivity contribution is 5.75. The zero-order valence-corrected chi connectivity index (χ0v) is 10.7. The van der Waals surface area contributed by atoms with Crippen molar-refractivity contribution >= 4 is 5.97 Å². The second-order valence-electron chi connectivity index (χ2n) is 6.08. The molecule has 2 nitrogen and oxygen atoms in total. The molecule has 3 unspecified atom stereocenters. The third-order valence-corrected chi connectivity index (χ3v) is 4.14. The quantitative estimate of drug-likeness (QED) is 0.687. The topological polar surface area (TPSA) is 26.3 Å². The van der Waals surface area contributed by atoms with Gasteiger partial charge in [-0.25, -0.2) is 0 Å². The lowest BCUT2D eigenvalue weighted by atomic mass is 9.75. The number of carbonyl (C=O) groups is 1. The van der Waals surface area contributed by atoms with Gasteiger partial charge in [0.05, 0.1) is 5.92 Å². The van der Waals surface area contributed by atoms with Gasteiger partial charge >= 0.3 is 5.97 Å². The lowest BCUT2D eigenvalue weighted by molar-refractivity contribution is -0.157. The molecule has 92 valence electrons. The summed E-state index contributed by atoms with van der Waals surface area (Å²) >= 11 is 0. The smallest absolute Gasteiger partial charge is 0.309 e. The molecule has 0 radical (unpaired) electrons. The number of hydrogen-bond acceptors (Lipinski definition) is 2. The van der Waals surface area contributed by atoms with E-state index in [1.165, 1.54) is 12.8 Å². The minimum absolute atomic E-state index is 0.0738. The van der Waals surface area contributed by atoms with E-state index in [1.54, 1.807) is 0 Å². The van der Waals surface area contributed by atoms with Crippen molar-refractivity contribution in [3.63, 3.8) is 0 Å². The van der Waals surface area contributed by atoms with E-state index < -0.39 is 0 Å². The molecule has 3 atom stereocenters. The molecule has 2 rings (SSSR count). The van der Waals surface area contributed by atoms with Crippen molar-refractivity contribution in [1.82, 2.24) is 0 Å². The number of carbonyl (C=O) groups excluding carboxylic acids is 1. The van der Waals surface area contributed by atoms with Crippen molar-refractivity contribution in [2.24, 2.45) is 23.7 Å². The van der Waals surface area contributed by atoms with Crippen LogP contribution in [0.15, 0.2) is 0 Å². The molecule has 0 heterocycles. The minimum atomic E-state index is 0.0738. The van der Waals surface area contributed by atoms with Gasteiger partial charge in [-0.05, 0) is 43.4 Å². The summed E-state index contributed by atoms with van der Waals surface area (Å²) in [7, 11) is 0. The fourth-order valence-electron chi connectivity index (χ4n) is 2.81. The molecular weight excluding hydrogens is 200 g/mol. The Hall–Kier alpha value is -0.530. The van der Waals surface area contributed by atoms with Gasteiger partial charge in [-0.3, -0.25) is 4.79 Å². The maximum absolute atomic E-state index is 11.7. The second-order valence-corrected chi connectivity index (χ2v) is 6.08. The van der Waals surface area contributed by atoms with E-state index in [0.717, 1.165) is 19.3 Å². The third-order valence-electron chi connectivity index (χ3n) is 4.14. The van der Waals surface area contributed by atoms with Crippen LogP contribution in [0.1, 0.15) is 52.9 Å². The van der Waals surface area contributed by atoms with Gasteiger partial charge in [-0.1, -0.05) is 27.2 Å². The lowest BCUT2D eigenvalue weighted by Crippen LogP contribution is -2.36. The third kappa shape index (κ3) is 2.78. The molecule has 16 heavy (non-hydrogen) atoms. The molecule has 2 heteroatoms. The Kier molecular flexibility index (Phi) is 3.56. The highest BCUT2D eigenvalue weighted by atomic mass is 16.5. The van der Waals surface area contributed by atoms with Crippen LogP contribution in [-0.2, 0) is 9.53 Å². The van der Waals surface area contributed by atoms with Crippen molar-refractivity contribution < 1.29 is 9.53 Å². The Morgan fingerprint density at radius 2 is 1.88 bits per heavy atom. The number of ether oxygens (including phenoxy) is 1. The van der Waals surface area contributed by atoms with Crippen LogP contribution in [-0.4, -0.2) is 12.1 Å². The molecular formula is C14H24O2. The summed E-state index contributed by atoms with van der Waals surface area (Å²) in [5.41, 5.74) is 0. The molecule has 2 fully saturated rings. The van der Waals surface area contributed by atoms with E-state index in [9.17, 15) is 4.79 Å². The van der Waals surface area contributed by atoms with Gasteiger partial charge in [0.1, 0.15) is 6.10 Å². The van der Waals surface area contributed by atoms with E-state index in [2.05, 4.69) is 20.8 Å². The molecule has 0 N–H and O–H groups in total. The number of rotatable bonds is 3. The predicted molar refractivity (Wildman–Crippen MR) is 63.9 cm³/mol.